The second-order valence-electron chi connectivity index (χ2n) is 4.38. The zero-order valence-corrected chi connectivity index (χ0v) is 14.1. The fourth-order valence-electron chi connectivity index (χ4n) is 1.77. The molecule has 2 rings (SSSR count). The Labute approximate surface area is 141 Å². The smallest absolute Gasteiger partial charge is 0.338 e. The van der Waals surface area contributed by atoms with Gasteiger partial charge in [0.25, 0.3) is 5.91 Å². The third-order valence-corrected chi connectivity index (χ3v) is 3.65. The molecule has 0 fully saturated rings. The first kappa shape index (κ1) is 16.5. The van der Waals surface area contributed by atoms with Crippen molar-refractivity contribution >= 4 is 45.1 Å². The fourth-order valence-corrected chi connectivity index (χ4v) is 2.34. The largest absolute Gasteiger partial charge is 0.462 e. The van der Waals surface area contributed by atoms with Crippen molar-refractivity contribution in [3.8, 4) is 0 Å². The van der Waals surface area contributed by atoms with Gasteiger partial charge in [-0.2, -0.15) is 0 Å². The van der Waals surface area contributed by atoms with Crippen molar-refractivity contribution in [2.45, 2.75) is 6.92 Å². The average Bonchev–Trinajstić information content (AvgIpc) is 2.50. The van der Waals surface area contributed by atoms with Crippen LogP contribution < -0.4 is 5.32 Å². The molecule has 1 N–H and O–H groups in total. The van der Waals surface area contributed by atoms with E-state index < -0.39 is 5.97 Å². The lowest BCUT2D eigenvalue weighted by molar-refractivity contribution is 0.0526. The van der Waals surface area contributed by atoms with E-state index in [1.165, 1.54) is 0 Å². The summed E-state index contributed by atoms with van der Waals surface area (Å²) in [4.78, 5) is 23.7. The number of carbonyl (C=O) groups excluding carboxylic acids is 2. The fraction of sp³-hybridized carbons (Fsp3) is 0.125. The molecule has 0 spiro atoms. The van der Waals surface area contributed by atoms with E-state index in [2.05, 4.69) is 21.2 Å². The molecule has 2 aromatic rings. The highest BCUT2D eigenvalue weighted by molar-refractivity contribution is 9.10. The lowest BCUT2D eigenvalue weighted by Crippen LogP contribution is -2.13. The molecule has 0 unspecified atom stereocenters. The first-order chi connectivity index (χ1) is 10.5. The Bertz CT molecular complexity index is 701. The highest BCUT2D eigenvalue weighted by Crippen LogP contribution is 2.22. The van der Waals surface area contributed by atoms with Gasteiger partial charge in [-0.1, -0.05) is 27.5 Å². The van der Waals surface area contributed by atoms with Gasteiger partial charge < -0.3 is 10.1 Å². The molecule has 1 amide bonds. The molecule has 0 saturated carbocycles. The zero-order valence-electron chi connectivity index (χ0n) is 11.7. The number of hydrogen-bond acceptors (Lipinski definition) is 3. The lowest BCUT2D eigenvalue weighted by atomic mass is 10.2. The molecule has 0 aliphatic carbocycles. The van der Waals surface area contributed by atoms with Crippen LogP contribution in [0, 0.1) is 0 Å². The van der Waals surface area contributed by atoms with Crippen LogP contribution in [0.3, 0.4) is 0 Å². The van der Waals surface area contributed by atoms with E-state index in [1.807, 2.05) is 0 Å². The maximum Gasteiger partial charge on any atom is 0.338 e. The lowest BCUT2D eigenvalue weighted by Gasteiger charge is -2.08. The molecular weight excluding hydrogens is 370 g/mol. The maximum atomic E-state index is 12.2. The van der Waals surface area contributed by atoms with E-state index in [0.29, 0.717) is 28.4 Å². The third kappa shape index (κ3) is 4.08. The van der Waals surface area contributed by atoms with Crippen molar-refractivity contribution < 1.29 is 14.3 Å². The molecule has 114 valence electrons. The number of benzene rings is 2. The Morgan fingerprint density at radius 3 is 2.50 bits per heavy atom. The van der Waals surface area contributed by atoms with Gasteiger partial charge >= 0.3 is 5.97 Å². The first-order valence-electron chi connectivity index (χ1n) is 6.55. The summed E-state index contributed by atoms with van der Waals surface area (Å²) in [5.74, 6) is -0.717. The van der Waals surface area contributed by atoms with Gasteiger partial charge in [0, 0.05) is 10.2 Å². The second-order valence-corrected chi connectivity index (χ2v) is 5.70. The molecule has 0 aromatic heterocycles. The summed E-state index contributed by atoms with van der Waals surface area (Å²) in [6.07, 6.45) is 0. The number of rotatable bonds is 4. The van der Waals surface area contributed by atoms with Crippen LogP contribution in [0.25, 0.3) is 0 Å². The van der Waals surface area contributed by atoms with Gasteiger partial charge in [-0.05, 0) is 49.4 Å². The van der Waals surface area contributed by atoms with E-state index in [0.717, 1.165) is 4.47 Å². The van der Waals surface area contributed by atoms with E-state index in [9.17, 15) is 9.59 Å². The predicted octanol–water partition coefficient (Wildman–Crippen LogP) is 4.53. The van der Waals surface area contributed by atoms with E-state index in [4.69, 9.17) is 16.3 Å². The van der Waals surface area contributed by atoms with Crippen molar-refractivity contribution in [2.24, 2.45) is 0 Å². The minimum Gasteiger partial charge on any atom is -0.462 e. The molecule has 22 heavy (non-hydrogen) atoms. The highest BCUT2D eigenvalue weighted by Gasteiger charge is 2.12. The van der Waals surface area contributed by atoms with Gasteiger partial charge in [0.1, 0.15) is 0 Å². The number of hydrogen-bond donors (Lipinski definition) is 1. The number of ether oxygens (including phenoxy) is 1. The van der Waals surface area contributed by atoms with E-state index in [-0.39, 0.29) is 5.91 Å². The minimum absolute atomic E-state index is 0.318. The third-order valence-electron chi connectivity index (χ3n) is 2.83. The second kappa shape index (κ2) is 7.42. The van der Waals surface area contributed by atoms with Crippen LogP contribution in [0.1, 0.15) is 27.6 Å². The summed E-state index contributed by atoms with van der Waals surface area (Å²) in [6.45, 7) is 2.06. The topological polar surface area (TPSA) is 55.4 Å². The first-order valence-corrected chi connectivity index (χ1v) is 7.72. The number of esters is 1. The molecule has 0 saturated heterocycles. The summed E-state index contributed by atoms with van der Waals surface area (Å²) in [5, 5.41) is 3.09. The van der Waals surface area contributed by atoms with Crippen molar-refractivity contribution in [1.82, 2.24) is 0 Å². The van der Waals surface area contributed by atoms with Crippen LogP contribution in [0.5, 0.6) is 0 Å². The molecule has 4 nitrogen and oxygen atoms in total. The average molecular weight is 383 g/mol. The van der Waals surface area contributed by atoms with Crippen molar-refractivity contribution in [3.63, 3.8) is 0 Å². The standard InChI is InChI=1S/C16H13BrClNO3/c1-2-22-16(21)10-3-6-12(7-4-10)19-15(20)13-9-11(17)5-8-14(13)18/h3-9H,2H2,1H3,(H,19,20). The Morgan fingerprint density at radius 2 is 1.86 bits per heavy atom. The quantitative estimate of drug-likeness (QED) is 0.790. The molecule has 0 aliphatic heterocycles. The number of anilines is 1. The number of amides is 1. The number of nitrogens with one attached hydrogen (secondary N) is 1. The number of carbonyl (C=O) groups is 2. The summed E-state index contributed by atoms with van der Waals surface area (Å²) in [7, 11) is 0. The van der Waals surface area contributed by atoms with Crippen LogP contribution in [-0.2, 0) is 4.74 Å². The summed E-state index contributed by atoms with van der Waals surface area (Å²) < 4.78 is 5.66. The van der Waals surface area contributed by atoms with Crippen LogP contribution >= 0.6 is 27.5 Å². The Kier molecular flexibility index (Phi) is 5.57. The zero-order chi connectivity index (χ0) is 16.1. The van der Waals surface area contributed by atoms with Gasteiger partial charge in [-0.15, -0.1) is 0 Å². The van der Waals surface area contributed by atoms with Crippen LogP contribution in [-0.4, -0.2) is 18.5 Å². The molecule has 0 radical (unpaired) electrons. The molecule has 0 atom stereocenters. The molecule has 0 bridgehead atoms. The maximum absolute atomic E-state index is 12.2. The minimum atomic E-state index is -0.393. The monoisotopic (exact) mass is 381 g/mol. The van der Waals surface area contributed by atoms with Crippen molar-refractivity contribution in [2.75, 3.05) is 11.9 Å². The SMILES string of the molecule is CCOC(=O)c1ccc(NC(=O)c2cc(Br)ccc2Cl)cc1. The van der Waals surface area contributed by atoms with Crippen LogP contribution in [0.2, 0.25) is 5.02 Å². The van der Waals surface area contributed by atoms with Crippen molar-refractivity contribution in [3.05, 3.63) is 63.1 Å². The van der Waals surface area contributed by atoms with Gasteiger partial charge in [0.15, 0.2) is 0 Å². The molecule has 0 aliphatic rings. The van der Waals surface area contributed by atoms with E-state index in [1.54, 1.807) is 49.4 Å². The Hall–Kier alpha value is -1.85. The predicted molar refractivity (Wildman–Crippen MR) is 89.5 cm³/mol. The molecule has 2 aromatic carbocycles. The van der Waals surface area contributed by atoms with Crippen LogP contribution in [0.4, 0.5) is 5.69 Å². The highest BCUT2D eigenvalue weighted by atomic mass is 79.9. The summed E-state index contributed by atoms with van der Waals surface area (Å²) >= 11 is 9.32. The van der Waals surface area contributed by atoms with Gasteiger partial charge in [-0.3, -0.25) is 4.79 Å². The molecule has 6 heteroatoms. The van der Waals surface area contributed by atoms with Gasteiger partial charge in [0.2, 0.25) is 0 Å². The number of halogens is 2. The van der Waals surface area contributed by atoms with Gasteiger partial charge in [0.05, 0.1) is 22.8 Å². The summed E-state index contributed by atoms with van der Waals surface area (Å²) in [5.41, 5.74) is 1.36. The van der Waals surface area contributed by atoms with Crippen LogP contribution in [0.15, 0.2) is 46.9 Å². The van der Waals surface area contributed by atoms with Crippen molar-refractivity contribution in [1.29, 1.82) is 0 Å². The molecular formula is C16H13BrClNO3. The Balaban J connectivity index is 2.12. The van der Waals surface area contributed by atoms with Gasteiger partial charge in [-0.25, -0.2) is 4.79 Å². The summed E-state index contributed by atoms with van der Waals surface area (Å²) in [6, 6.07) is 11.5. The normalized spacial score (nSPS) is 10.1. The Morgan fingerprint density at radius 1 is 1.18 bits per heavy atom. The van der Waals surface area contributed by atoms with E-state index >= 15 is 0 Å². The molecule has 0 heterocycles.